The smallest absolute Gasteiger partial charge is 0.249 e. The standard InChI is InChI=1S/C16H13BrN2O2/c1-9-11(3-2-4-15(9)17)12-5-10(7-18)6-13(16(19)21)14(12)8-20/h2-6,20H,8H2,1H3,(H2,19,21). The fourth-order valence-electron chi connectivity index (χ4n) is 2.27. The van der Waals surface area contributed by atoms with Gasteiger partial charge < -0.3 is 10.8 Å². The summed E-state index contributed by atoms with van der Waals surface area (Å²) in [7, 11) is 0. The molecule has 2 aromatic rings. The molecule has 0 spiro atoms. The van der Waals surface area contributed by atoms with Crippen LogP contribution in [0.5, 0.6) is 0 Å². The van der Waals surface area contributed by atoms with Crippen molar-refractivity contribution in [1.29, 1.82) is 5.26 Å². The number of nitrogens with two attached hydrogens (primary N) is 1. The number of aliphatic hydroxyl groups is 1. The Balaban J connectivity index is 2.85. The van der Waals surface area contributed by atoms with Crippen LogP contribution in [0.4, 0.5) is 0 Å². The molecule has 0 aliphatic heterocycles. The summed E-state index contributed by atoms with van der Waals surface area (Å²) < 4.78 is 0.909. The second-order valence-corrected chi connectivity index (χ2v) is 5.45. The van der Waals surface area contributed by atoms with Crippen LogP contribution in [-0.4, -0.2) is 11.0 Å². The van der Waals surface area contributed by atoms with Gasteiger partial charge in [0, 0.05) is 10.0 Å². The van der Waals surface area contributed by atoms with Crippen molar-refractivity contribution in [3.8, 4) is 17.2 Å². The first kappa shape index (κ1) is 15.2. The summed E-state index contributed by atoms with van der Waals surface area (Å²) in [5.74, 6) is -0.662. The summed E-state index contributed by atoms with van der Waals surface area (Å²) in [6.07, 6.45) is 0. The maximum Gasteiger partial charge on any atom is 0.249 e. The fraction of sp³-hybridized carbons (Fsp3) is 0.125. The van der Waals surface area contributed by atoms with Gasteiger partial charge in [0.1, 0.15) is 0 Å². The van der Waals surface area contributed by atoms with E-state index in [-0.39, 0.29) is 12.2 Å². The molecule has 0 atom stereocenters. The molecule has 2 rings (SSSR count). The summed E-state index contributed by atoms with van der Waals surface area (Å²) in [6.45, 7) is 1.59. The molecule has 106 valence electrons. The second-order valence-electron chi connectivity index (χ2n) is 4.60. The van der Waals surface area contributed by atoms with Crippen LogP contribution in [0.1, 0.15) is 27.0 Å². The van der Waals surface area contributed by atoms with E-state index in [0.717, 1.165) is 15.6 Å². The number of rotatable bonds is 3. The number of hydrogen-bond donors (Lipinski definition) is 2. The van der Waals surface area contributed by atoms with Crippen molar-refractivity contribution in [2.24, 2.45) is 5.73 Å². The summed E-state index contributed by atoms with van der Waals surface area (Å²) in [5.41, 5.74) is 8.73. The quantitative estimate of drug-likeness (QED) is 0.897. The first-order valence-electron chi connectivity index (χ1n) is 6.22. The second kappa shape index (κ2) is 6.08. The van der Waals surface area contributed by atoms with Crippen molar-refractivity contribution in [1.82, 2.24) is 0 Å². The molecule has 0 saturated carbocycles. The summed E-state index contributed by atoms with van der Waals surface area (Å²) in [6, 6.07) is 10.7. The number of primary amides is 1. The predicted octanol–water partition coefficient (Wildman–Crippen LogP) is 2.89. The van der Waals surface area contributed by atoms with Crippen molar-refractivity contribution in [3.63, 3.8) is 0 Å². The number of carbonyl (C=O) groups is 1. The van der Waals surface area contributed by atoms with E-state index >= 15 is 0 Å². The lowest BCUT2D eigenvalue weighted by Gasteiger charge is -2.15. The highest BCUT2D eigenvalue weighted by Crippen LogP contribution is 2.33. The number of nitriles is 1. The molecule has 3 N–H and O–H groups in total. The topological polar surface area (TPSA) is 87.1 Å². The first-order chi connectivity index (χ1) is 9.99. The summed E-state index contributed by atoms with van der Waals surface area (Å²) in [4.78, 5) is 11.6. The predicted molar refractivity (Wildman–Crippen MR) is 83.5 cm³/mol. The molecule has 0 heterocycles. The zero-order valence-electron chi connectivity index (χ0n) is 11.4. The lowest BCUT2D eigenvalue weighted by atomic mass is 9.91. The Labute approximate surface area is 131 Å². The van der Waals surface area contributed by atoms with Crippen molar-refractivity contribution in [3.05, 3.63) is 57.1 Å². The van der Waals surface area contributed by atoms with Crippen LogP contribution in [0.3, 0.4) is 0 Å². The molecular weight excluding hydrogens is 332 g/mol. The van der Waals surface area contributed by atoms with Gasteiger partial charge in [-0.15, -0.1) is 0 Å². The zero-order valence-corrected chi connectivity index (χ0v) is 12.9. The van der Waals surface area contributed by atoms with Crippen LogP contribution in [0.25, 0.3) is 11.1 Å². The lowest BCUT2D eigenvalue weighted by Crippen LogP contribution is -2.15. The first-order valence-corrected chi connectivity index (χ1v) is 7.02. The van der Waals surface area contributed by atoms with E-state index in [1.165, 1.54) is 6.07 Å². The van der Waals surface area contributed by atoms with Crippen LogP contribution in [0, 0.1) is 18.3 Å². The van der Waals surface area contributed by atoms with Gasteiger partial charge in [-0.3, -0.25) is 4.79 Å². The Morgan fingerprint density at radius 1 is 1.38 bits per heavy atom. The molecule has 0 bridgehead atoms. The van der Waals surface area contributed by atoms with Crippen molar-refractivity contribution < 1.29 is 9.90 Å². The number of nitrogens with zero attached hydrogens (tertiary/aromatic N) is 1. The minimum atomic E-state index is -0.662. The Morgan fingerprint density at radius 2 is 2.10 bits per heavy atom. The van der Waals surface area contributed by atoms with Crippen molar-refractivity contribution >= 4 is 21.8 Å². The summed E-state index contributed by atoms with van der Waals surface area (Å²) in [5, 5.41) is 18.8. The molecule has 0 aliphatic carbocycles. The third kappa shape index (κ3) is 2.82. The van der Waals surface area contributed by atoms with E-state index in [4.69, 9.17) is 11.0 Å². The highest BCUT2D eigenvalue weighted by atomic mass is 79.9. The van der Waals surface area contributed by atoms with E-state index in [1.807, 2.05) is 31.2 Å². The van der Waals surface area contributed by atoms with E-state index in [2.05, 4.69) is 15.9 Å². The maximum absolute atomic E-state index is 11.6. The van der Waals surface area contributed by atoms with Gasteiger partial charge in [0.15, 0.2) is 0 Å². The highest BCUT2D eigenvalue weighted by Gasteiger charge is 2.17. The zero-order chi connectivity index (χ0) is 15.6. The number of halogens is 1. The summed E-state index contributed by atoms with van der Waals surface area (Å²) >= 11 is 3.45. The molecule has 0 radical (unpaired) electrons. The molecule has 5 heteroatoms. The average molecular weight is 345 g/mol. The molecule has 0 unspecified atom stereocenters. The van der Waals surface area contributed by atoms with E-state index in [9.17, 15) is 9.90 Å². The van der Waals surface area contributed by atoms with Crippen LogP contribution in [0.2, 0.25) is 0 Å². The van der Waals surface area contributed by atoms with E-state index < -0.39 is 5.91 Å². The Bertz CT molecular complexity index is 764. The molecule has 21 heavy (non-hydrogen) atoms. The molecule has 0 fully saturated rings. The van der Waals surface area contributed by atoms with Crippen molar-refractivity contribution in [2.75, 3.05) is 0 Å². The van der Waals surface area contributed by atoms with Gasteiger partial charge in [-0.25, -0.2) is 0 Å². The third-order valence-electron chi connectivity index (χ3n) is 3.36. The van der Waals surface area contributed by atoms with Gasteiger partial charge in [0.25, 0.3) is 0 Å². The van der Waals surface area contributed by atoms with Gasteiger partial charge in [0.2, 0.25) is 5.91 Å². The van der Waals surface area contributed by atoms with E-state index in [1.54, 1.807) is 6.07 Å². The third-order valence-corrected chi connectivity index (χ3v) is 4.22. The lowest BCUT2D eigenvalue weighted by molar-refractivity contribution is 0.0997. The van der Waals surface area contributed by atoms with Gasteiger partial charge >= 0.3 is 0 Å². The number of hydrogen-bond acceptors (Lipinski definition) is 3. The van der Waals surface area contributed by atoms with E-state index in [0.29, 0.717) is 16.7 Å². The minimum Gasteiger partial charge on any atom is -0.392 e. The number of benzene rings is 2. The minimum absolute atomic E-state index is 0.172. The molecular formula is C16H13BrN2O2. The highest BCUT2D eigenvalue weighted by molar-refractivity contribution is 9.10. The molecule has 2 aromatic carbocycles. The SMILES string of the molecule is Cc1c(Br)cccc1-c1cc(C#N)cc(C(N)=O)c1CO. The molecule has 4 nitrogen and oxygen atoms in total. The van der Waals surface area contributed by atoms with Crippen molar-refractivity contribution in [2.45, 2.75) is 13.5 Å². The molecule has 1 amide bonds. The van der Waals surface area contributed by atoms with Gasteiger partial charge in [-0.2, -0.15) is 5.26 Å². The number of amides is 1. The van der Waals surface area contributed by atoms with Gasteiger partial charge in [-0.05, 0) is 47.4 Å². The van der Waals surface area contributed by atoms with Crippen LogP contribution in [0.15, 0.2) is 34.8 Å². The Kier molecular flexibility index (Phi) is 4.41. The molecule has 0 aliphatic rings. The van der Waals surface area contributed by atoms with Crippen LogP contribution in [-0.2, 0) is 6.61 Å². The molecule has 0 saturated heterocycles. The van der Waals surface area contributed by atoms with Crippen LogP contribution >= 0.6 is 15.9 Å². The van der Waals surface area contributed by atoms with Crippen LogP contribution < -0.4 is 5.73 Å². The average Bonchev–Trinajstić information content (AvgIpc) is 2.48. The number of aliphatic hydroxyl groups excluding tert-OH is 1. The fourth-order valence-corrected chi connectivity index (χ4v) is 2.63. The monoisotopic (exact) mass is 344 g/mol. The Morgan fingerprint density at radius 3 is 2.67 bits per heavy atom. The largest absolute Gasteiger partial charge is 0.392 e. The number of carbonyl (C=O) groups excluding carboxylic acids is 1. The van der Waals surface area contributed by atoms with Gasteiger partial charge in [-0.1, -0.05) is 28.1 Å². The van der Waals surface area contributed by atoms with Gasteiger partial charge in [0.05, 0.1) is 18.2 Å². The molecule has 0 aromatic heterocycles. The Hall–Kier alpha value is -2.16. The maximum atomic E-state index is 11.6. The normalized spacial score (nSPS) is 10.2.